The van der Waals surface area contributed by atoms with Crippen molar-refractivity contribution in [3.63, 3.8) is 0 Å². The molecule has 48 valence electrons. The zero-order chi connectivity index (χ0) is 6.73. The molecule has 0 aliphatic carbocycles. The van der Waals surface area contributed by atoms with Crippen LogP contribution in [0.3, 0.4) is 0 Å². The maximum absolute atomic E-state index is 9.76. The Morgan fingerprint density at radius 3 is 1.44 bits per heavy atom. The fraction of sp³-hybridized carbons (Fsp3) is 0.500. The summed E-state index contributed by atoms with van der Waals surface area (Å²) in [5, 5.41) is 15.9. The molecule has 0 aliphatic rings. The van der Waals surface area contributed by atoms with Crippen molar-refractivity contribution in [1.82, 2.24) is 0 Å². The van der Waals surface area contributed by atoms with Gasteiger partial charge in [-0.25, -0.2) is 0 Å². The standard InChI is InChI=1S/C4H6O4.K.H/c1-2(3(5)6)4(7)8;;/h2H,1H3,(H,5,6)(H,7,8);;. The summed E-state index contributed by atoms with van der Waals surface area (Å²) in [7, 11) is 0. The van der Waals surface area contributed by atoms with Gasteiger partial charge in [-0.1, -0.05) is 0 Å². The Hall–Kier alpha value is 0.576. The Morgan fingerprint density at radius 2 is 1.44 bits per heavy atom. The molecule has 0 unspecified atom stereocenters. The van der Waals surface area contributed by atoms with Crippen molar-refractivity contribution in [3.8, 4) is 0 Å². The minimum absolute atomic E-state index is 0. The minimum atomic E-state index is -1.31. The van der Waals surface area contributed by atoms with E-state index in [2.05, 4.69) is 0 Å². The van der Waals surface area contributed by atoms with Crippen molar-refractivity contribution >= 4 is 63.3 Å². The van der Waals surface area contributed by atoms with E-state index in [1.54, 1.807) is 0 Å². The number of hydrogen-bond donors (Lipinski definition) is 2. The van der Waals surface area contributed by atoms with Gasteiger partial charge >= 0.3 is 63.3 Å². The molecule has 0 spiro atoms. The number of aliphatic carboxylic acids is 2. The van der Waals surface area contributed by atoms with Crippen LogP contribution in [-0.2, 0) is 9.59 Å². The van der Waals surface area contributed by atoms with E-state index in [1.165, 1.54) is 0 Å². The van der Waals surface area contributed by atoms with Crippen LogP contribution >= 0.6 is 0 Å². The molecule has 0 bridgehead atoms. The van der Waals surface area contributed by atoms with Crippen molar-refractivity contribution in [2.45, 2.75) is 6.92 Å². The molecule has 5 heteroatoms. The molecule has 2 N–H and O–H groups in total. The summed E-state index contributed by atoms with van der Waals surface area (Å²) in [4.78, 5) is 19.5. The molecule has 0 atom stereocenters. The zero-order valence-corrected chi connectivity index (χ0v) is 4.29. The molecule has 0 heterocycles. The molecule has 0 saturated heterocycles. The molecular formula is C4H7KO4. The van der Waals surface area contributed by atoms with E-state index in [1.807, 2.05) is 0 Å². The molecule has 0 saturated carbocycles. The van der Waals surface area contributed by atoms with Crippen LogP contribution in [0.2, 0.25) is 0 Å². The van der Waals surface area contributed by atoms with Crippen LogP contribution in [0.1, 0.15) is 6.92 Å². The van der Waals surface area contributed by atoms with Gasteiger partial charge in [0.2, 0.25) is 0 Å². The van der Waals surface area contributed by atoms with Crippen molar-refractivity contribution in [1.29, 1.82) is 0 Å². The number of rotatable bonds is 2. The normalized spacial score (nSPS) is 8.22. The zero-order valence-electron chi connectivity index (χ0n) is 4.29. The summed E-state index contributed by atoms with van der Waals surface area (Å²) in [6, 6.07) is 0. The summed E-state index contributed by atoms with van der Waals surface area (Å²) >= 11 is 0. The van der Waals surface area contributed by atoms with Crippen LogP contribution in [0.15, 0.2) is 0 Å². The van der Waals surface area contributed by atoms with Gasteiger partial charge in [0.25, 0.3) is 0 Å². The fourth-order valence-corrected chi connectivity index (χ4v) is 0.106. The van der Waals surface area contributed by atoms with Crippen LogP contribution in [0.5, 0.6) is 0 Å². The summed E-state index contributed by atoms with van der Waals surface area (Å²) in [6.45, 7) is 1.12. The summed E-state index contributed by atoms with van der Waals surface area (Å²) < 4.78 is 0. The molecule has 0 amide bonds. The third kappa shape index (κ3) is 5.04. The van der Waals surface area contributed by atoms with Crippen molar-refractivity contribution in [2.24, 2.45) is 5.92 Å². The molecule has 0 aromatic rings. The summed E-state index contributed by atoms with van der Waals surface area (Å²) in [6.07, 6.45) is 0. The summed E-state index contributed by atoms with van der Waals surface area (Å²) in [5.41, 5.74) is 0. The first-order valence-electron chi connectivity index (χ1n) is 2.01. The number of carbonyl (C=O) groups is 2. The van der Waals surface area contributed by atoms with E-state index in [-0.39, 0.29) is 51.4 Å². The molecular weight excluding hydrogens is 151 g/mol. The van der Waals surface area contributed by atoms with Gasteiger partial charge < -0.3 is 10.2 Å². The van der Waals surface area contributed by atoms with Crippen LogP contribution in [-0.4, -0.2) is 73.5 Å². The van der Waals surface area contributed by atoms with Crippen molar-refractivity contribution in [3.05, 3.63) is 0 Å². The molecule has 0 radical (unpaired) electrons. The number of carboxylic acids is 2. The van der Waals surface area contributed by atoms with Crippen LogP contribution in [0, 0.1) is 5.92 Å². The Balaban J connectivity index is 0. The molecule has 0 aromatic heterocycles. The Bertz CT molecular complexity index is 108. The van der Waals surface area contributed by atoms with E-state index in [0.29, 0.717) is 0 Å². The third-order valence-electron chi connectivity index (χ3n) is 0.741. The predicted octanol–water partition coefficient (Wildman–Crippen LogP) is -0.857. The number of carboxylic acid groups (broad SMARTS) is 2. The molecule has 0 fully saturated rings. The Labute approximate surface area is 94.7 Å². The van der Waals surface area contributed by atoms with Gasteiger partial charge in [0.05, 0.1) is 0 Å². The van der Waals surface area contributed by atoms with Gasteiger partial charge in [-0.3, -0.25) is 9.59 Å². The molecule has 9 heavy (non-hydrogen) atoms. The van der Waals surface area contributed by atoms with E-state index < -0.39 is 17.9 Å². The maximum atomic E-state index is 9.76. The SMILES string of the molecule is CC(C(=O)O)C(=O)O.[KH]. The summed E-state index contributed by atoms with van der Waals surface area (Å²) in [5.74, 6) is -3.91. The topological polar surface area (TPSA) is 74.6 Å². The van der Waals surface area contributed by atoms with Crippen molar-refractivity contribution < 1.29 is 19.8 Å². The second kappa shape index (κ2) is 5.37. The monoisotopic (exact) mass is 158 g/mol. The molecule has 4 nitrogen and oxygen atoms in total. The van der Waals surface area contributed by atoms with Gasteiger partial charge in [0.1, 0.15) is 0 Å². The molecule has 0 aromatic carbocycles. The Kier molecular flexibility index (Phi) is 7.32. The van der Waals surface area contributed by atoms with Crippen molar-refractivity contribution in [2.75, 3.05) is 0 Å². The molecule has 0 aliphatic heterocycles. The first-order chi connectivity index (χ1) is 3.55. The van der Waals surface area contributed by atoms with E-state index >= 15 is 0 Å². The van der Waals surface area contributed by atoms with Crippen LogP contribution in [0.25, 0.3) is 0 Å². The third-order valence-corrected chi connectivity index (χ3v) is 0.741. The van der Waals surface area contributed by atoms with Gasteiger partial charge in [-0.15, -0.1) is 0 Å². The van der Waals surface area contributed by atoms with E-state index in [0.717, 1.165) is 6.92 Å². The second-order valence-corrected chi connectivity index (χ2v) is 1.40. The van der Waals surface area contributed by atoms with E-state index in [9.17, 15) is 9.59 Å². The Morgan fingerprint density at radius 1 is 1.22 bits per heavy atom. The molecule has 0 rings (SSSR count). The van der Waals surface area contributed by atoms with E-state index in [4.69, 9.17) is 10.2 Å². The average Bonchev–Trinajstić information content (AvgIpc) is 1.64. The van der Waals surface area contributed by atoms with Gasteiger partial charge in [-0.05, 0) is 6.92 Å². The quantitative estimate of drug-likeness (QED) is 0.405. The van der Waals surface area contributed by atoms with Gasteiger partial charge in [0.15, 0.2) is 5.92 Å². The predicted molar refractivity (Wildman–Crippen MR) is 31.6 cm³/mol. The first-order valence-corrected chi connectivity index (χ1v) is 2.01. The average molecular weight is 158 g/mol. The van der Waals surface area contributed by atoms with Crippen LogP contribution < -0.4 is 0 Å². The van der Waals surface area contributed by atoms with Gasteiger partial charge in [-0.2, -0.15) is 0 Å². The first kappa shape index (κ1) is 12.3. The number of hydrogen-bond acceptors (Lipinski definition) is 2. The van der Waals surface area contributed by atoms with Gasteiger partial charge in [0, 0.05) is 0 Å². The van der Waals surface area contributed by atoms with Crippen LogP contribution in [0.4, 0.5) is 0 Å². The second-order valence-electron chi connectivity index (χ2n) is 1.40. The fourth-order valence-electron chi connectivity index (χ4n) is 0.106.